The van der Waals surface area contributed by atoms with Crippen molar-refractivity contribution in [3.8, 4) is 16.9 Å². The predicted molar refractivity (Wildman–Crippen MR) is 118 cm³/mol. The van der Waals surface area contributed by atoms with Crippen LogP contribution < -0.4 is 5.32 Å². The number of anilines is 1. The minimum absolute atomic E-state index is 0.187. The number of nitrogens with zero attached hydrogens (tertiary/aromatic N) is 2. The number of hydrogen-bond acceptors (Lipinski definition) is 2. The van der Waals surface area contributed by atoms with Crippen LogP contribution in [0.15, 0.2) is 78.9 Å². The zero-order chi connectivity index (χ0) is 22.9. The number of halogens is 5. The van der Waals surface area contributed by atoms with E-state index in [1.54, 1.807) is 60.7 Å². The van der Waals surface area contributed by atoms with E-state index < -0.39 is 11.9 Å². The minimum Gasteiger partial charge on any atom is -0.322 e. The summed E-state index contributed by atoms with van der Waals surface area (Å²) >= 11 is 12.1. The first-order chi connectivity index (χ1) is 15.2. The maximum absolute atomic E-state index is 13.3. The van der Waals surface area contributed by atoms with Crippen LogP contribution in [0.25, 0.3) is 16.9 Å². The molecule has 0 aliphatic heterocycles. The van der Waals surface area contributed by atoms with Crippen molar-refractivity contribution in [2.45, 2.75) is 6.18 Å². The third-order valence-corrected chi connectivity index (χ3v) is 5.16. The van der Waals surface area contributed by atoms with Gasteiger partial charge in [-0.3, -0.25) is 4.79 Å². The van der Waals surface area contributed by atoms with Gasteiger partial charge >= 0.3 is 6.18 Å². The van der Waals surface area contributed by atoms with Crippen LogP contribution in [0.1, 0.15) is 16.1 Å². The third-order valence-electron chi connectivity index (χ3n) is 4.61. The number of carbonyl (C=O) groups excluding carboxylic acids is 1. The summed E-state index contributed by atoms with van der Waals surface area (Å²) in [6.07, 6.45) is -4.63. The summed E-state index contributed by atoms with van der Waals surface area (Å²) in [5, 5.41) is 7.18. The maximum atomic E-state index is 13.3. The fraction of sp³-hybridized carbons (Fsp3) is 0.0435. The maximum Gasteiger partial charge on any atom is 0.435 e. The molecule has 0 aliphatic carbocycles. The molecule has 4 aromatic rings. The van der Waals surface area contributed by atoms with Crippen LogP contribution in [-0.4, -0.2) is 15.7 Å². The first kappa shape index (κ1) is 21.9. The summed E-state index contributed by atoms with van der Waals surface area (Å²) in [6, 6.07) is 20.3. The summed E-state index contributed by atoms with van der Waals surface area (Å²) in [5.74, 6) is -0.380. The van der Waals surface area contributed by atoms with Crippen molar-refractivity contribution in [2.24, 2.45) is 0 Å². The van der Waals surface area contributed by atoms with Crippen LogP contribution in [0, 0.1) is 0 Å². The van der Waals surface area contributed by atoms with Crippen molar-refractivity contribution in [3.05, 3.63) is 100 Å². The van der Waals surface area contributed by atoms with E-state index in [4.69, 9.17) is 23.2 Å². The van der Waals surface area contributed by atoms with Gasteiger partial charge in [-0.2, -0.15) is 18.3 Å². The average molecular weight is 476 g/mol. The van der Waals surface area contributed by atoms with Crippen molar-refractivity contribution < 1.29 is 18.0 Å². The van der Waals surface area contributed by atoms with E-state index in [2.05, 4.69) is 10.4 Å². The van der Waals surface area contributed by atoms with Crippen LogP contribution in [-0.2, 0) is 6.18 Å². The van der Waals surface area contributed by atoms with Crippen molar-refractivity contribution in [3.63, 3.8) is 0 Å². The molecule has 1 heterocycles. The zero-order valence-electron chi connectivity index (χ0n) is 16.2. The van der Waals surface area contributed by atoms with Gasteiger partial charge in [0.25, 0.3) is 5.91 Å². The van der Waals surface area contributed by atoms with Crippen molar-refractivity contribution in [1.82, 2.24) is 9.78 Å². The van der Waals surface area contributed by atoms with E-state index in [0.29, 0.717) is 27.5 Å². The Kier molecular flexibility index (Phi) is 5.95. The molecule has 0 radical (unpaired) electrons. The van der Waals surface area contributed by atoms with Gasteiger partial charge in [0.1, 0.15) is 0 Å². The molecule has 1 aromatic heterocycles. The smallest absolute Gasteiger partial charge is 0.322 e. The van der Waals surface area contributed by atoms with E-state index in [-0.39, 0.29) is 16.6 Å². The second-order valence-corrected chi connectivity index (χ2v) is 7.66. The number of benzene rings is 3. The van der Waals surface area contributed by atoms with E-state index in [1.807, 2.05) is 0 Å². The van der Waals surface area contributed by atoms with Crippen LogP contribution >= 0.6 is 23.2 Å². The quantitative estimate of drug-likeness (QED) is 0.341. The normalized spacial score (nSPS) is 11.4. The summed E-state index contributed by atoms with van der Waals surface area (Å²) in [6.45, 7) is 0. The number of amides is 1. The molecule has 9 heteroatoms. The number of rotatable bonds is 4. The summed E-state index contributed by atoms with van der Waals surface area (Å²) in [5.41, 5.74) is 0.740. The Morgan fingerprint density at radius 2 is 1.62 bits per heavy atom. The van der Waals surface area contributed by atoms with Crippen LogP contribution in [0.2, 0.25) is 10.0 Å². The van der Waals surface area contributed by atoms with Gasteiger partial charge < -0.3 is 5.32 Å². The molecular formula is C23H14Cl2F3N3O. The lowest BCUT2D eigenvalue weighted by Crippen LogP contribution is -2.11. The highest BCUT2D eigenvalue weighted by Gasteiger charge is 2.35. The van der Waals surface area contributed by atoms with Crippen LogP contribution in [0.5, 0.6) is 0 Å². The number of alkyl halides is 3. The zero-order valence-corrected chi connectivity index (χ0v) is 17.7. The molecule has 0 bridgehead atoms. The first-order valence-corrected chi connectivity index (χ1v) is 10.1. The fourth-order valence-corrected chi connectivity index (χ4v) is 3.50. The lowest BCUT2D eigenvalue weighted by Gasteiger charge is -2.10. The van der Waals surface area contributed by atoms with E-state index in [0.717, 1.165) is 10.7 Å². The highest BCUT2D eigenvalue weighted by Crippen LogP contribution is 2.34. The Bertz CT molecular complexity index is 1280. The van der Waals surface area contributed by atoms with Gasteiger partial charge in [0.2, 0.25) is 0 Å². The molecule has 0 saturated heterocycles. The molecule has 1 N–H and O–H groups in total. The molecule has 0 fully saturated rings. The Balaban J connectivity index is 1.68. The molecule has 32 heavy (non-hydrogen) atoms. The van der Waals surface area contributed by atoms with Crippen molar-refractivity contribution in [2.75, 3.05) is 5.32 Å². The number of para-hydroxylation sites is 1. The van der Waals surface area contributed by atoms with Gasteiger partial charge in [-0.15, -0.1) is 0 Å². The molecule has 4 nitrogen and oxygen atoms in total. The second-order valence-electron chi connectivity index (χ2n) is 6.82. The Labute approximate surface area is 191 Å². The van der Waals surface area contributed by atoms with Gasteiger partial charge in [-0.25, -0.2) is 4.68 Å². The topological polar surface area (TPSA) is 46.9 Å². The van der Waals surface area contributed by atoms with E-state index in [1.165, 1.54) is 12.1 Å². The fourth-order valence-electron chi connectivity index (χ4n) is 3.09. The SMILES string of the molecule is O=C(Nc1cccc(Cl)c1)c1ccc(-c2cc(C(F)(F)F)nn2-c2ccccc2Cl)cc1. The molecule has 3 aromatic carbocycles. The molecule has 0 atom stereocenters. The summed E-state index contributed by atoms with van der Waals surface area (Å²) < 4.78 is 41.2. The number of carbonyl (C=O) groups is 1. The summed E-state index contributed by atoms with van der Waals surface area (Å²) in [4.78, 5) is 12.5. The molecule has 0 aliphatic rings. The molecule has 0 unspecified atom stereocenters. The molecule has 0 spiro atoms. The Hall–Kier alpha value is -3.29. The second kappa shape index (κ2) is 8.68. The highest BCUT2D eigenvalue weighted by molar-refractivity contribution is 6.32. The Morgan fingerprint density at radius 3 is 2.28 bits per heavy atom. The van der Waals surface area contributed by atoms with Gasteiger partial charge in [-0.05, 0) is 48.5 Å². The molecule has 0 saturated carbocycles. The number of aromatic nitrogens is 2. The largest absolute Gasteiger partial charge is 0.435 e. The Morgan fingerprint density at radius 1 is 0.906 bits per heavy atom. The monoisotopic (exact) mass is 475 g/mol. The molecule has 4 rings (SSSR count). The predicted octanol–water partition coefficient (Wildman–Crippen LogP) is 7.12. The lowest BCUT2D eigenvalue weighted by molar-refractivity contribution is -0.141. The van der Waals surface area contributed by atoms with E-state index >= 15 is 0 Å². The summed E-state index contributed by atoms with van der Waals surface area (Å²) in [7, 11) is 0. The molecular weight excluding hydrogens is 462 g/mol. The van der Waals surface area contributed by atoms with Crippen molar-refractivity contribution >= 4 is 34.8 Å². The van der Waals surface area contributed by atoms with Gasteiger partial charge in [0.05, 0.1) is 16.4 Å². The molecule has 1 amide bonds. The van der Waals surface area contributed by atoms with Crippen molar-refractivity contribution in [1.29, 1.82) is 0 Å². The van der Waals surface area contributed by atoms with Gasteiger partial charge in [0.15, 0.2) is 5.69 Å². The highest BCUT2D eigenvalue weighted by atomic mass is 35.5. The first-order valence-electron chi connectivity index (χ1n) is 9.32. The van der Waals surface area contributed by atoms with Crippen LogP contribution in [0.4, 0.5) is 18.9 Å². The minimum atomic E-state index is -4.63. The molecule has 162 valence electrons. The standard InChI is InChI=1S/C23H14Cl2F3N3O/c24-16-4-3-5-17(12-16)29-22(32)15-10-8-14(9-11-15)20-13-21(23(26,27)28)30-31(20)19-7-2-1-6-18(19)25/h1-13H,(H,29,32). The number of nitrogens with one attached hydrogen (secondary N) is 1. The third kappa shape index (κ3) is 4.64. The average Bonchev–Trinajstić information content (AvgIpc) is 3.20. The lowest BCUT2D eigenvalue weighted by atomic mass is 10.1. The van der Waals surface area contributed by atoms with Gasteiger partial charge in [0, 0.05) is 21.8 Å². The van der Waals surface area contributed by atoms with E-state index in [9.17, 15) is 18.0 Å². The van der Waals surface area contributed by atoms with Crippen LogP contribution in [0.3, 0.4) is 0 Å². The number of hydrogen-bond donors (Lipinski definition) is 1. The van der Waals surface area contributed by atoms with Gasteiger partial charge in [-0.1, -0.05) is 53.5 Å².